The Morgan fingerprint density at radius 2 is 1.60 bits per heavy atom. The second-order valence-electron chi connectivity index (χ2n) is 8.36. The molecule has 0 saturated carbocycles. The molecule has 0 aromatic heterocycles. The maximum absolute atomic E-state index is 13.0. The van der Waals surface area contributed by atoms with Crippen molar-refractivity contribution in [2.24, 2.45) is 0 Å². The molecule has 1 aliphatic rings. The SMILES string of the molecule is COc1cccc(COC(CN2CCN(S(=O)(=O)c3cccc(Cl)c3)CC2)c2ccc(Cl)cc2)c1. The van der Waals surface area contributed by atoms with Gasteiger partial charge in [0.1, 0.15) is 5.75 Å². The topological polar surface area (TPSA) is 59.1 Å². The molecular weight excluding hydrogens is 507 g/mol. The maximum Gasteiger partial charge on any atom is 0.243 e. The number of hydrogen-bond donors (Lipinski definition) is 0. The van der Waals surface area contributed by atoms with E-state index in [-0.39, 0.29) is 11.0 Å². The Kier molecular flexibility index (Phi) is 8.70. The minimum Gasteiger partial charge on any atom is -0.497 e. The van der Waals surface area contributed by atoms with Crippen molar-refractivity contribution in [3.05, 3.63) is 94.0 Å². The molecule has 3 aromatic carbocycles. The summed E-state index contributed by atoms with van der Waals surface area (Å²) in [7, 11) is -1.94. The van der Waals surface area contributed by atoms with Gasteiger partial charge in [0.2, 0.25) is 10.0 Å². The van der Waals surface area contributed by atoms with Crippen LogP contribution in [0, 0.1) is 0 Å². The highest BCUT2D eigenvalue weighted by Gasteiger charge is 2.30. The number of halogens is 2. The molecule has 4 rings (SSSR count). The molecule has 1 atom stereocenters. The van der Waals surface area contributed by atoms with Crippen LogP contribution in [0.2, 0.25) is 10.0 Å². The zero-order valence-corrected chi connectivity index (χ0v) is 21.8. The van der Waals surface area contributed by atoms with E-state index < -0.39 is 10.0 Å². The summed E-state index contributed by atoms with van der Waals surface area (Å²) in [5.74, 6) is 0.783. The number of piperazine rings is 1. The average molecular weight is 535 g/mol. The number of hydrogen-bond acceptors (Lipinski definition) is 5. The summed E-state index contributed by atoms with van der Waals surface area (Å²) in [5.41, 5.74) is 2.03. The third-order valence-electron chi connectivity index (χ3n) is 6.02. The van der Waals surface area contributed by atoms with Gasteiger partial charge >= 0.3 is 0 Å². The molecule has 1 fully saturated rings. The molecule has 0 amide bonds. The third kappa shape index (κ3) is 6.76. The van der Waals surface area contributed by atoms with Gasteiger partial charge in [0.05, 0.1) is 24.7 Å². The van der Waals surface area contributed by atoms with E-state index in [4.69, 9.17) is 32.7 Å². The Morgan fingerprint density at radius 3 is 2.29 bits per heavy atom. The van der Waals surface area contributed by atoms with Gasteiger partial charge < -0.3 is 9.47 Å². The Labute approximate surface area is 217 Å². The molecule has 0 spiro atoms. The van der Waals surface area contributed by atoms with E-state index in [9.17, 15) is 8.42 Å². The Balaban J connectivity index is 1.42. The van der Waals surface area contributed by atoms with Crippen LogP contribution in [0.15, 0.2) is 77.7 Å². The number of methoxy groups -OCH3 is 1. The van der Waals surface area contributed by atoms with E-state index in [0.29, 0.717) is 49.4 Å². The lowest BCUT2D eigenvalue weighted by atomic mass is 10.1. The average Bonchev–Trinajstić information content (AvgIpc) is 2.87. The van der Waals surface area contributed by atoms with Gasteiger partial charge in [-0.25, -0.2) is 8.42 Å². The van der Waals surface area contributed by atoms with Crippen LogP contribution >= 0.6 is 23.2 Å². The molecular formula is C26H28Cl2N2O4S. The van der Waals surface area contributed by atoms with E-state index in [1.54, 1.807) is 25.3 Å². The van der Waals surface area contributed by atoms with Crippen molar-refractivity contribution in [1.82, 2.24) is 9.21 Å². The molecule has 0 N–H and O–H groups in total. The lowest BCUT2D eigenvalue weighted by Gasteiger charge is -2.36. The lowest BCUT2D eigenvalue weighted by molar-refractivity contribution is 0.00767. The number of benzene rings is 3. The summed E-state index contributed by atoms with van der Waals surface area (Å²) in [6.45, 7) is 3.07. The van der Waals surface area contributed by atoms with Crippen molar-refractivity contribution in [2.45, 2.75) is 17.6 Å². The summed E-state index contributed by atoms with van der Waals surface area (Å²) in [5, 5.41) is 1.07. The fourth-order valence-electron chi connectivity index (χ4n) is 4.05. The fraction of sp³-hybridized carbons (Fsp3) is 0.308. The van der Waals surface area contributed by atoms with Crippen LogP contribution in [0.25, 0.3) is 0 Å². The van der Waals surface area contributed by atoms with E-state index in [0.717, 1.165) is 16.9 Å². The molecule has 1 unspecified atom stereocenters. The summed E-state index contributed by atoms with van der Waals surface area (Å²) in [6.07, 6.45) is -0.199. The summed E-state index contributed by atoms with van der Waals surface area (Å²) in [4.78, 5) is 2.45. The van der Waals surface area contributed by atoms with Crippen LogP contribution in [0.5, 0.6) is 5.75 Å². The normalized spacial score (nSPS) is 16.2. The maximum atomic E-state index is 13.0. The zero-order chi connectivity index (χ0) is 24.8. The van der Waals surface area contributed by atoms with Crippen molar-refractivity contribution in [3.8, 4) is 5.75 Å². The molecule has 0 bridgehead atoms. The fourth-order valence-corrected chi connectivity index (χ4v) is 5.90. The highest BCUT2D eigenvalue weighted by molar-refractivity contribution is 7.89. The summed E-state index contributed by atoms with van der Waals surface area (Å²) >= 11 is 12.1. The van der Waals surface area contributed by atoms with Crippen molar-refractivity contribution in [2.75, 3.05) is 39.8 Å². The number of rotatable bonds is 9. The Bertz CT molecular complexity index is 1230. The largest absolute Gasteiger partial charge is 0.497 e. The predicted molar refractivity (Wildman–Crippen MR) is 139 cm³/mol. The van der Waals surface area contributed by atoms with Crippen LogP contribution in [0.1, 0.15) is 17.2 Å². The lowest BCUT2D eigenvalue weighted by Crippen LogP contribution is -2.49. The van der Waals surface area contributed by atoms with E-state index in [1.165, 1.54) is 10.4 Å². The number of nitrogens with zero attached hydrogens (tertiary/aromatic N) is 2. The predicted octanol–water partition coefficient (Wildman–Crippen LogP) is 5.27. The van der Waals surface area contributed by atoms with Crippen LogP contribution < -0.4 is 4.74 Å². The van der Waals surface area contributed by atoms with Gasteiger partial charge in [0.25, 0.3) is 0 Å². The van der Waals surface area contributed by atoms with Gasteiger partial charge in [-0.05, 0) is 53.6 Å². The van der Waals surface area contributed by atoms with Crippen molar-refractivity contribution in [1.29, 1.82) is 0 Å². The van der Waals surface area contributed by atoms with Crippen LogP contribution in [-0.4, -0.2) is 57.5 Å². The summed E-state index contributed by atoms with van der Waals surface area (Å²) in [6, 6.07) is 21.8. The molecule has 186 valence electrons. The third-order valence-corrected chi connectivity index (χ3v) is 8.40. The first kappa shape index (κ1) is 25.9. The van der Waals surface area contributed by atoms with E-state index in [2.05, 4.69) is 4.90 Å². The van der Waals surface area contributed by atoms with Gasteiger partial charge in [0, 0.05) is 42.8 Å². The molecule has 1 aliphatic heterocycles. The van der Waals surface area contributed by atoms with Crippen molar-refractivity contribution < 1.29 is 17.9 Å². The zero-order valence-electron chi connectivity index (χ0n) is 19.4. The van der Waals surface area contributed by atoms with Crippen molar-refractivity contribution in [3.63, 3.8) is 0 Å². The first-order valence-electron chi connectivity index (χ1n) is 11.3. The smallest absolute Gasteiger partial charge is 0.243 e. The second-order valence-corrected chi connectivity index (χ2v) is 11.2. The van der Waals surface area contributed by atoms with Crippen LogP contribution in [0.3, 0.4) is 0 Å². The molecule has 0 aliphatic carbocycles. The van der Waals surface area contributed by atoms with Gasteiger partial charge in [-0.1, -0.05) is 53.5 Å². The number of sulfonamides is 1. The number of ether oxygens (including phenoxy) is 2. The first-order valence-corrected chi connectivity index (χ1v) is 13.5. The van der Waals surface area contributed by atoms with Gasteiger partial charge in [-0.3, -0.25) is 4.90 Å². The van der Waals surface area contributed by atoms with E-state index >= 15 is 0 Å². The Morgan fingerprint density at radius 1 is 0.886 bits per heavy atom. The highest BCUT2D eigenvalue weighted by Crippen LogP contribution is 2.26. The minimum atomic E-state index is -3.58. The van der Waals surface area contributed by atoms with Gasteiger partial charge in [-0.2, -0.15) is 4.31 Å². The van der Waals surface area contributed by atoms with Crippen LogP contribution in [-0.2, 0) is 21.4 Å². The first-order chi connectivity index (χ1) is 16.8. The standard InChI is InChI=1S/C26H28Cl2N2O4S/c1-33-24-6-2-4-20(16-24)19-34-26(21-8-10-22(27)11-9-21)18-29-12-14-30(15-13-29)35(31,32)25-7-3-5-23(28)17-25/h2-11,16-17,26H,12-15,18-19H2,1H3. The quantitative estimate of drug-likeness (QED) is 0.374. The molecule has 1 heterocycles. The second kappa shape index (κ2) is 11.7. The summed E-state index contributed by atoms with van der Waals surface area (Å²) < 4.78 is 39.3. The van der Waals surface area contributed by atoms with Crippen molar-refractivity contribution >= 4 is 33.2 Å². The molecule has 1 saturated heterocycles. The van der Waals surface area contributed by atoms with E-state index in [1.807, 2.05) is 48.5 Å². The molecule has 0 radical (unpaired) electrons. The van der Waals surface area contributed by atoms with Gasteiger partial charge in [-0.15, -0.1) is 0 Å². The molecule has 3 aromatic rings. The van der Waals surface area contributed by atoms with Crippen LogP contribution in [0.4, 0.5) is 0 Å². The Hall–Kier alpha value is -2.13. The highest BCUT2D eigenvalue weighted by atomic mass is 35.5. The molecule has 9 heteroatoms. The molecule has 6 nitrogen and oxygen atoms in total. The van der Waals surface area contributed by atoms with Gasteiger partial charge in [0.15, 0.2) is 0 Å². The molecule has 35 heavy (non-hydrogen) atoms. The minimum absolute atomic E-state index is 0.199. The monoisotopic (exact) mass is 534 g/mol.